The molecule has 576 valence electrons. The Balaban J connectivity index is 1.32. The summed E-state index contributed by atoms with van der Waals surface area (Å²) in [6.07, 6.45) is 42.1. The predicted molar refractivity (Wildman–Crippen MR) is 384 cm³/mol. The molecule has 17 unspecified atom stereocenters. The highest BCUT2D eigenvalue weighted by molar-refractivity contribution is 5.76. The fourth-order valence-electron chi connectivity index (χ4n) is 14.4. The Kier molecular flexibility index (Phi) is 55.8. The van der Waals surface area contributed by atoms with Crippen LogP contribution < -0.4 is 5.32 Å². The van der Waals surface area contributed by atoms with Crippen LogP contribution in [0.5, 0.6) is 0 Å². The van der Waals surface area contributed by atoms with E-state index in [1.807, 2.05) is 0 Å². The van der Waals surface area contributed by atoms with Gasteiger partial charge in [-0.1, -0.05) is 341 Å². The fraction of sp³-hybridized carbons (Fsp3) is 0.987. The Bertz CT molecular complexity index is 1760. The van der Waals surface area contributed by atoms with Crippen molar-refractivity contribution in [3.05, 3.63) is 0 Å². The van der Waals surface area contributed by atoms with Crippen LogP contribution in [-0.4, -0.2) is 193 Å². The van der Waals surface area contributed by atoms with Crippen molar-refractivity contribution in [1.82, 2.24) is 5.32 Å². The van der Waals surface area contributed by atoms with Crippen molar-refractivity contribution in [3.63, 3.8) is 0 Å². The molecule has 3 heterocycles. The van der Waals surface area contributed by atoms with Gasteiger partial charge in [0.2, 0.25) is 5.91 Å². The van der Waals surface area contributed by atoms with E-state index in [2.05, 4.69) is 19.2 Å². The molecular formula is C78H151NO18. The van der Waals surface area contributed by atoms with E-state index in [4.69, 9.17) is 28.4 Å². The highest BCUT2D eigenvalue weighted by atomic mass is 16.8. The van der Waals surface area contributed by atoms with Crippen molar-refractivity contribution < 1.29 is 89.4 Å². The second-order valence-electron chi connectivity index (χ2n) is 29.6. The quantitative estimate of drug-likeness (QED) is 0.0252. The van der Waals surface area contributed by atoms with E-state index in [0.29, 0.717) is 12.8 Å². The minimum Gasteiger partial charge on any atom is -0.394 e. The largest absolute Gasteiger partial charge is 0.394 e. The Labute approximate surface area is 589 Å². The van der Waals surface area contributed by atoms with E-state index in [1.165, 1.54) is 283 Å². The Morgan fingerprint density at radius 2 is 0.588 bits per heavy atom. The Hall–Kier alpha value is -1.21. The van der Waals surface area contributed by atoms with Crippen LogP contribution in [0, 0.1) is 0 Å². The maximum atomic E-state index is 13.5. The minimum absolute atomic E-state index is 0.233. The van der Waals surface area contributed by atoms with Crippen LogP contribution in [-0.2, 0) is 33.2 Å². The van der Waals surface area contributed by atoms with Crippen molar-refractivity contribution in [2.45, 2.75) is 465 Å². The van der Waals surface area contributed by atoms with E-state index in [0.717, 1.165) is 44.9 Å². The van der Waals surface area contributed by atoms with Gasteiger partial charge >= 0.3 is 0 Å². The first-order chi connectivity index (χ1) is 47.3. The highest BCUT2D eigenvalue weighted by Gasteiger charge is 2.54. The van der Waals surface area contributed by atoms with E-state index >= 15 is 0 Å². The Morgan fingerprint density at radius 3 is 0.897 bits per heavy atom. The minimum atomic E-state index is -1.97. The lowest BCUT2D eigenvalue weighted by atomic mass is 9.96. The second kappa shape index (κ2) is 60.1. The van der Waals surface area contributed by atoms with Gasteiger partial charge in [0.1, 0.15) is 73.2 Å². The fourth-order valence-corrected chi connectivity index (χ4v) is 14.4. The number of nitrogens with one attached hydrogen (secondary N) is 1. The van der Waals surface area contributed by atoms with Crippen LogP contribution in [0.15, 0.2) is 0 Å². The number of amides is 1. The van der Waals surface area contributed by atoms with E-state index < -0.39 is 124 Å². The number of aliphatic hydroxyl groups excluding tert-OH is 11. The number of ether oxygens (including phenoxy) is 6. The highest BCUT2D eigenvalue weighted by Crippen LogP contribution is 2.33. The third-order valence-corrected chi connectivity index (χ3v) is 20.9. The molecule has 12 N–H and O–H groups in total. The van der Waals surface area contributed by atoms with E-state index in [-0.39, 0.29) is 18.9 Å². The van der Waals surface area contributed by atoms with Crippen molar-refractivity contribution in [1.29, 1.82) is 0 Å². The van der Waals surface area contributed by atoms with Gasteiger partial charge in [-0.15, -0.1) is 0 Å². The van der Waals surface area contributed by atoms with Crippen molar-refractivity contribution in [2.24, 2.45) is 0 Å². The predicted octanol–water partition coefficient (Wildman–Crippen LogP) is 13.4. The van der Waals surface area contributed by atoms with Crippen molar-refractivity contribution in [3.8, 4) is 0 Å². The number of carbonyl (C=O) groups is 1. The molecule has 3 rings (SSSR count). The summed E-state index contributed by atoms with van der Waals surface area (Å²) in [5.41, 5.74) is 0. The molecule has 0 saturated carbocycles. The monoisotopic (exact) mass is 1390 g/mol. The molecule has 97 heavy (non-hydrogen) atoms. The van der Waals surface area contributed by atoms with Gasteiger partial charge in [0.05, 0.1) is 38.6 Å². The van der Waals surface area contributed by atoms with E-state index in [9.17, 15) is 61.0 Å². The van der Waals surface area contributed by atoms with Crippen molar-refractivity contribution in [2.75, 3.05) is 26.4 Å². The number of carbonyl (C=O) groups excluding carboxylic acids is 1. The molecule has 1 amide bonds. The summed E-state index contributed by atoms with van der Waals surface area (Å²) in [5.74, 6) is -0.233. The summed E-state index contributed by atoms with van der Waals surface area (Å²) in [5, 5.41) is 121. The lowest BCUT2D eigenvalue weighted by Crippen LogP contribution is -2.66. The number of unbranched alkanes of at least 4 members (excludes halogenated alkanes) is 50. The zero-order valence-corrected chi connectivity index (χ0v) is 61.6. The molecule has 19 heteroatoms. The maximum Gasteiger partial charge on any atom is 0.220 e. The molecule has 3 fully saturated rings. The molecule has 3 aliphatic rings. The first-order valence-electron chi connectivity index (χ1n) is 40.8. The summed E-state index contributed by atoms with van der Waals surface area (Å²) in [6.45, 7) is 1.87. The summed E-state index contributed by atoms with van der Waals surface area (Å²) < 4.78 is 34.5. The van der Waals surface area contributed by atoms with Gasteiger partial charge in [0.25, 0.3) is 0 Å². The maximum absolute atomic E-state index is 13.5. The second-order valence-corrected chi connectivity index (χ2v) is 29.6. The molecule has 0 spiro atoms. The zero-order valence-electron chi connectivity index (χ0n) is 61.6. The van der Waals surface area contributed by atoms with Crippen LogP contribution >= 0.6 is 0 Å². The van der Waals surface area contributed by atoms with Gasteiger partial charge in [0.15, 0.2) is 18.9 Å². The third kappa shape index (κ3) is 40.6. The number of hydrogen-bond donors (Lipinski definition) is 12. The molecule has 3 saturated heterocycles. The zero-order chi connectivity index (χ0) is 70.4. The summed E-state index contributed by atoms with van der Waals surface area (Å²) in [6, 6.07) is -0.883. The lowest BCUT2D eigenvalue weighted by molar-refractivity contribution is -0.379. The number of aliphatic hydroxyl groups is 11. The average Bonchev–Trinajstić information content (AvgIpc) is 0.789. The summed E-state index contributed by atoms with van der Waals surface area (Å²) >= 11 is 0. The molecule has 0 aromatic heterocycles. The molecular weight excluding hydrogens is 1240 g/mol. The molecule has 3 aliphatic heterocycles. The SMILES string of the molecule is CCCCCCCCCCCCCCCCCCCCCCCCCCCCCCCCCCCCC(=O)NC(COC1OC(CO)C(OC2OC(CO)C(OC3OC(CO)C(O)C(O)C3O)C(O)C2O)C(O)C1O)C(O)CCCCCCCCCCCCCCCCCCCC. The van der Waals surface area contributed by atoms with E-state index in [1.54, 1.807) is 0 Å². The third-order valence-electron chi connectivity index (χ3n) is 20.9. The molecule has 17 atom stereocenters. The molecule has 0 aromatic rings. The van der Waals surface area contributed by atoms with Crippen LogP contribution in [0.1, 0.15) is 361 Å². The summed E-state index contributed by atoms with van der Waals surface area (Å²) in [7, 11) is 0. The van der Waals surface area contributed by atoms with Crippen LogP contribution in [0.25, 0.3) is 0 Å². The molecule has 0 bridgehead atoms. The molecule has 0 aliphatic carbocycles. The average molecular weight is 1390 g/mol. The lowest BCUT2D eigenvalue weighted by Gasteiger charge is -2.48. The van der Waals surface area contributed by atoms with Crippen LogP contribution in [0.2, 0.25) is 0 Å². The Morgan fingerprint density at radius 1 is 0.330 bits per heavy atom. The molecule has 0 aromatic carbocycles. The molecule has 0 radical (unpaired) electrons. The van der Waals surface area contributed by atoms with Crippen LogP contribution in [0.4, 0.5) is 0 Å². The van der Waals surface area contributed by atoms with Gasteiger partial charge in [-0.05, 0) is 12.8 Å². The first kappa shape index (κ1) is 90.0. The number of rotatable bonds is 66. The molecule has 19 nitrogen and oxygen atoms in total. The smallest absolute Gasteiger partial charge is 0.220 e. The van der Waals surface area contributed by atoms with Gasteiger partial charge in [-0.25, -0.2) is 0 Å². The summed E-state index contributed by atoms with van der Waals surface area (Å²) in [4.78, 5) is 13.5. The van der Waals surface area contributed by atoms with Gasteiger partial charge in [-0.2, -0.15) is 0 Å². The van der Waals surface area contributed by atoms with Crippen molar-refractivity contribution >= 4 is 5.91 Å². The van der Waals surface area contributed by atoms with Gasteiger partial charge in [-0.3, -0.25) is 4.79 Å². The first-order valence-corrected chi connectivity index (χ1v) is 40.8. The topological polar surface area (TPSA) is 307 Å². The standard InChI is InChI=1S/C78H151NO18/c1-3-5-7-9-11-13-15-17-19-21-23-24-25-26-27-28-29-30-31-32-33-34-35-36-37-38-40-42-44-46-48-50-52-54-56-66(84)79-61(62(83)55-53-51-49-47-45-43-41-39-22-20-18-16-14-12-10-8-6-4-2)60-92-76-72(90)69(87)74(64(58-81)94-76)97-78-73(91)70(88)75(65(59-82)95-78)96-77-71(89)68(86)67(85)63(57-80)93-77/h61-65,67-78,80-83,85-91H,3-60H2,1-2H3,(H,79,84). The number of hydrogen-bond acceptors (Lipinski definition) is 18. The normalized spacial score (nSPS) is 26.8. The van der Waals surface area contributed by atoms with Gasteiger partial charge in [0, 0.05) is 6.42 Å². The van der Waals surface area contributed by atoms with Gasteiger partial charge < -0.3 is 89.9 Å². The van der Waals surface area contributed by atoms with Crippen LogP contribution in [0.3, 0.4) is 0 Å².